The van der Waals surface area contributed by atoms with Crippen LogP contribution in [0.3, 0.4) is 0 Å². The van der Waals surface area contributed by atoms with Gasteiger partial charge in [-0.05, 0) is 18.1 Å². The van der Waals surface area contributed by atoms with Gasteiger partial charge in [-0.2, -0.15) is 0 Å². The minimum atomic E-state index is 0.187. The molecule has 0 N–H and O–H groups in total. The molecule has 2 rings (SSSR count). The van der Waals surface area contributed by atoms with Gasteiger partial charge in [0.1, 0.15) is 0 Å². The standard InChI is InChI=1S/C10H12N2O/c1-2-10(13)12-6-4-8-3-5-11-7-9(8)12/h3,5,7H,2,4,6H2,1H3. The average molecular weight is 176 g/mol. The Morgan fingerprint density at radius 2 is 2.54 bits per heavy atom. The molecule has 3 nitrogen and oxygen atoms in total. The summed E-state index contributed by atoms with van der Waals surface area (Å²) in [5.74, 6) is 0.187. The summed E-state index contributed by atoms with van der Waals surface area (Å²) in [6, 6.07) is 1.98. The summed E-state index contributed by atoms with van der Waals surface area (Å²) in [5.41, 5.74) is 2.23. The van der Waals surface area contributed by atoms with E-state index < -0.39 is 0 Å². The van der Waals surface area contributed by atoms with E-state index in [0.717, 1.165) is 18.7 Å². The third-order valence-electron chi connectivity index (χ3n) is 2.39. The van der Waals surface area contributed by atoms with Crippen molar-refractivity contribution in [1.82, 2.24) is 4.98 Å². The van der Waals surface area contributed by atoms with Crippen LogP contribution in [0.25, 0.3) is 0 Å². The van der Waals surface area contributed by atoms with Gasteiger partial charge in [0, 0.05) is 19.2 Å². The molecule has 0 atom stereocenters. The van der Waals surface area contributed by atoms with E-state index in [1.165, 1.54) is 5.56 Å². The Bertz CT molecular complexity index is 335. The molecule has 1 aliphatic rings. The lowest BCUT2D eigenvalue weighted by Crippen LogP contribution is -2.27. The summed E-state index contributed by atoms with van der Waals surface area (Å²) in [7, 11) is 0. The zero-order valence-corrected chi connectivity index (χ0v) is 7.66. The number of carbonyl (C=O) groups is 1. The number of hydrogen-bond acceptors (Lipinski definition) is 2. The summed E-state index contributed by atoms with van der Waals surface area (Å²) in [6.45, 7) is 2.70. The van der Waals surface area contributed by atoms with Crippen molar-refractivity contribution in [2.45, 2.75) is 19.8 Å². The highest BCUT2D eigenvalue weighted by atomic mass is 16.2. The number of aromatic nitrogens is 1. The average Bonchev–Trinajstić information content (AvgIpc) is 2.60. The maximum Gasteiger partial charge on any atom is 0.226 e. The molecule has 13 heavy (non-hydrogen) atoms. The summed E-state index contributed by atoms with van der Waals surface area (Å²) in [6.07, 6.45) is 5.08. The summed E-state index contributed by atoms with van der Waals surface area (Å²) < 4.78 is 0. The molecule has 0 spiro atoms. The van der Waals surface area contributed by atoms with Gasteiger partial charge in [-0.3, -0.25) is 9.78 Å². The van der Waals surface area contributed by atoms with E-state index in [9.17, 15) is 4.79 Å². The van der Waals surface area contributed by atoms with Crippen molar-refractivity contribution in [2.75, 3.05) is 11.4 Å². The van der Waals surface area contributed by atoms with Crippen LogP contribution in [0.4, 0.5) is 5.69 Å². The summed E-state index contributed by atoms with van der Waals surface area (Å²) in [5, 5.41) is 0. The lowest BCUT2D eigenvalue weighted by atomic mass is 10.2. The number of pyridine rings is 1. The Morgan fingerprint density at radius 3 is 3.31 bits per heavy atom. The molecule has 0 radical (unpaired) electrons. The third-order valence-corrected chi connectivity index (χ3v) is 2.39. The number of anilines is 1. The molecule has 68 valence electrons. The predicted octanol–water partition coefficient (Wildman–Crippen LogP) is 1.38. The maximum absolute atomic E-state index is 11.5. The number of fused-ring (bicyclic) bond motifs is 1. The second-order valence-electron chi connectivity index (χ2n) is 3.15. The molecular formula is C10H12N2O. The van der Waals surface area contributed by atoms with Gasteiger partial charge in [-0.25, -0.2) is 0 Å². The first-order valence-corrected chi connectivity index (χ1v) is 4.56. The highest BCUT2D eigenvalue weighted by molar-refractivity contribution is 5.94. The zero-order valence-electron chi connectivity index (χ0n) is 7.66. The second kappa shape index (κ2) is 3.17. The van der Waals surface area contributed by atoms with E-state index in [1.54, 1.807) is 12.4 Å². The van der Waals surface area contributed by atoms with Crippen LogP contribution in [-0.2, 0) is 11.2 Å². The number of carbonyl (C=O) groups excluding carboxylic acids is 1. The molecule has 0 fully saturated rings. The van der Waals surface area contributed by atoms with Crippen molar-refractivity contribution in [1.29, 1.82) is 0 Å². The minimum absolute atomic E-state index is 0.187. The van der Waals surface area contributed by atoms with E-state index in [4.69, 9.17) is 0 Å². The van der Waals surface area contributed by atoms with Crippen molar-refractivity contribution < 1.29 is 4.79 Å². The Morgan fingerprint density at radius 1 is 1.69 bits per heavy atom. The number of hydrogen-bond donors (Lipinski definition) is 0. The topological polar surface area (TPSA) is 33.2 Å². The fraction of sp³-hybridized carbons (Fsp3) is 0.400. The van der Waals surface area contributed by atoms with E-state index in [2.05, 4.69) is 4.98 Å². The fourth-order valence-corrected chi connectivity index (χ4v) is 1.67. The van der Waals surface area contributed by atoms with Gasteiger partial charge in [0.25, 0.3) is 0 Å². The lowest BCUT2D eigenvalue weighted by molar-refractivity contribution is -0.118. The van der Waals surface area contributed by atoms with Gasteiger partial charge in [-0.15, -0.1) is 0 Å². The molecule has 1 amide bonds. The molecule has 0 saturated heterocycles. The van der Waals surface area contributed by atoms with Crippen LogP contribution >= 0.6 is 0 Å². The SMILES string of the molecule is CCC(=O)N1CCc2ccncc21. The Kier molecular flexibility index (Phi) is 2.00. The van der Waals surface area contributed by atoms with Crippen molar-refractivity contribution in [3.05, 3.63) is 24.0 Å². The highest BCUT2D eigenvalue weighted by Crippen LogP contribution is 2.26. The quantitative estimate of drug-likeness (QED) is 0.647. The number of amides is 1. The molecular weight excluding hydrogens is 164 g/mol. The predicted molar refractivity (Wildman–Crippen MR) is 50.6 cm³/mol. The first-order chi connectivity index (χ1) is 6.33. The largest absolute Gasteiger partial charge is 0.310 e. The van der Waals surface area contributed by atoms with Crippen LogP contribution in [0.1, 0.15) is 18.9 Å². The van der Waals surface area contributed by atoms with Gasteiger partial charge in [0.2, 0.25) is 5.91 Å². The first kappa shape index (κ1) is 8.23. The summed E-state index contributed by atoms with van der Waals surface area (Å²) >= 11 is 0. The van der Waals surface area contributed by atoms with Gasteiger partial charge < -0.3 is 4.90 Å². The van der Waals surface area contributed by atoms with Crippen LogP contribution < -0.4 is 4.90 Å². The normalized spacial score (nSPS) is 14.4. The Labute approximate surface area is 77.4 Å². The Balaban J connectivity index is 2.33. The molecule has 0 bridgehead atoms. The highest BCUT2D eigenvalue weighted by Gasteiger charge is 2.22. The molecule has 0 saturated carbocycles. The molecule has 1 aromatic rings. The lowest BCUT2D eigenvalue weighted by Gasteiger charge is -2.15. The summed E-state index contributed by atoms with van der Waals surface area (Å²) in [4.78, 5) is 17.3. The van der Waals surface area contributed by atoms with E-state index >= 15 is 0 Å². The van der Waals surface area contributed by atoms with Crippen LogP contribution in [-0.4, -0.2) is 17.4 Å². The molecule has 0 aromatic carbocycles. The maximum atomic E-state index is 11.5. The van der Waals surface area contributed by atoms with Crippen molar-refractivity contribution in [3.8, 4) is 0 Å². The smallest absolute Gasteiger partial charge is 0.226 e. The molecule has 0 aliphatic carbocycles. The van der Waals surface area contributed by atoms with Crippen LogP contribution in [0, 0.1) is 0 Å². The van der Waals surface area contributed by atoms with Gasteiger partial charge in [0.15, 0.2) is 0 Å². The monoisotopic (exact) mass is 176 g/mol. The zero-order chi connectivity index (χ0) is 9.26. The number of rotatable bonds is 1. The molecule has 2 heterocycles. The van der Waals surface area contributed by atoms with Crippen molar-refractivity contribution in [3.63, 3.8) is 0 Å². The third kappa shape index (κ3) is 1.30. The van der Waals surface area contributed by atoms with Crippen LogP contribution in [0.2, 0.25) is 0 Å². The molecule has 1 aliphatic heterocycles. The molecule has 1 aromatic heterocycles. The fourth-order valence-electron chi connectivity index (χ4n) is 1.67. The second-order valence-corrected chi connectivity index (χ2v) is 3.15. The molecule has 0 unspecified atom stereocenters. The Hall–Kier alpha value is -1.38. The van der Waals surface area contributed by atoms with Crippen LogP contribution in [0.15, 0.2) is 18.5 Å². The minimum Gasteiger partial charge on any atom is -0.310 e. The van der Waals surface area contributed by atoms with Gasteiger partial charge in [0.05, 0.1) is 11.9 Å². The van der Waals surface area contributed by atoms with Crippen molar-refractivity contribution in [2.24, 2.45) is 0 Å². The number of nitrogens with zero attached hydrogens (tertiary/aromatic N) is 2. The van der Waals surface area contributed by atoms with E-state index in [0.29, 0.717) is 6.42 Å². The van der Waals surface area contributed by atoms with Crippen molar-refractivity contribution >= 4 is 11.6 Å². The van der Waals surface area contributed by atoms with Crippen LogP contribution in [0.5, 0.6) is 0 Å². The van der Waals surface area contributed by atoms with E-state index in [1.807, 2.05) is 17.9 Å². The van der Waals surface area contributed by atoms with Gasteiger partial charge >= 0.3 is 0 Å². The van der Waals surface area contributed by atoms with Gasteiger partial charge in [-0.1, -0.05) is 6.92 Å². The molecule has 3 heteroatoms. The first-order valence-electron chi connectivity index (χ1n) is 4.56. The van der Waals surface area contributed by atoms with E-state index in [-0.39, 0.29) is 5.91 Å².